The largest absolute Gasteiger partial charge is 0.493 e. The van der Waals surface area contributed by atoms with Crippen LogP contribution in [0.3, 0.4) is 0 Å². The molecule has 2 rings (SSSR count). The van der Waals surface area contributed by atoms with Crippen LogP contribution in [0.2, 0.25) is 0 Å². The van der Waals surface area contributed by atoms with Crippen LogP contribution in [0.15, 0.2) is 30.6 Å². The van der Waals surface area contributed by atoms with E-state index in [0.29, 0.717) is 19.6 Å². The zero-order chi connectivity index (χ0) is 15.1. The first-order valence-corrected chi connectivity index (χ1v) is 6.35. The van der Waals surface area contributed by atoms with Gasteiger partial charge >= 0.3 is 6.61 Å². The SMILES string of the molecule is COc1ccc(CNCCn2ccnn2)cc1OC(F)F. The fraction of sp³-hybridized carbons (Fsp3) is 0.385. The molecule has 0 atom stereocenters. The third-order valence-electron chi connectivity index (χ3n) is 2.76. The molecule has 1 aromatic heterocycles. The Kier molecular flexibility index (Phi) is 5.44. The van der Waals surface area contributed by atoms with Crippen molar-refractivity contribution in [1.82, 2.24) is 20.3 Å². The summed E-state index contributed by atoms with van der Waals surface area (Å²) >= 11 is 0. The normalized spacial score (nSPS) is 10.9. The van der Waals surface area contributed by atoms with Crippen LogP contribution in [0, 0.1) is 0 Å². The third-order valence-corrected chi connectivity index (χ3v) is 2.76. The van der Waals surface area contributed by atoms with Gasteiger partial charge in [-0.3, -0.25) is 4.68 Å². The summed E-state index contributed by atoms with van der Waals surface area (Å²) in [7, 11) is 1.41. The van der Waals surface area contributed by atoms with E-state index in [1.54, 1.807) is 29.2 Å². The molecule has 0 amide bonds. The Bertz CT molecular complexity index is 549. The molecule has 114 valence electrons. The molecule has 8 heteroatoms. The number of benzene rings is 1. The molecule has 1 aromatic carbocycles. The van der Waals surface area contributed by atoms with Crippen LogP contribution in [-0.2, 0) is 13.1 Å². The van der Waals surface area contributed by atoms with Gasteiger partial charge in [0.15, 0.2) is 11.5 Å². The van der Waals surface area contributed by atoms with Crippen LogP contribution in [0.25, 0.3) is 0 Å². The van der Waals surface area contributed by atoms with Gasteiger partial charge in [-0.25, -0.2) is 0 Å². The van der Waals surface area contributed by atoms with E-state index in [2.05, 4.69) is 20.4 Å². The lowest BCUT2D eigenvalue weighted by molar-refractivity contribution is -0.0512. The van der Waals surface area contributed by atoms with Crippen molar-refractivity contribution in [3.05, 3.63) is 36.2 Å². The summed E-state index contributed by atoms with van der Waals surface area (Å²) in [4.78, 5) is 0. The highest BCUT2D eigenvalue weighted by molar-refractivity contribution is 5.42. The Morgan fingerprint density at radius 3 is 2.86 bits per heavy atom. The molecule has 21 heavy (non-hydrogen) atoms. The fourth-order valence-corrected chi connectivity index (χ4v) is 1.80. The molecule has 0 unspecified atom stereocenters. The number of alkyl halides is 2. The van der Waals surface area contributed by atoms with E-state index in [1.165, 1.54) is 13.2 Å². The molecule has 6 nitrogen and oxygen atoms in total. The first kappa shape index (κ1) is 15.2. The van der Waals surface area contributed by atoms with Crippen molar-refractivity contribution in [1.29, 1.82) is 0 Å². The minimum Gasteiger partial charge on any atom is -0.493 e. The highest BCUT2D eigenvalue weighted by Crippen LogP contribution is 2.29. The molecule has 0 radical (unpaired) electrons. The molecule has 0 aliphatic carbocycles. The van der Waals surface area contributed by atoms with E-state index in [9.17, 15) is 8.78 Å². The highest BCUT2D eigenvalue weighted by atomic mass is 19.3. The summed E-state index contributed by atoms with van der Waals surface area (Å²) in [5.74, 6) is 0.310. The average Bonchev–Trinajstić information content (AvgIpc) is 2.96. The molecule has 0 saturated carbocycles. The number of ether oxygens (including phenoxy) is 2. The van der Waals surface area contributed by atoms with Crippen molar-refractivity contribution in [2.45, 2.75) is 19.7 Å². The number of rotatable bonds is 8. The number of hydrogen-bond donors (Lipinski definition) is 1. The number of nitrogens with one attached hydrogen (secondary N) is 1. The number of nitrogens with zero attached hydrogens (tertiary/aromatic N) is 3. The Morgan fingerprint density at radius 1 is 1.33 bits per heavy atom. The van der Waals surface area contributed by atoms with Crippen molar-refractivity contribution < 1.29 is 18.3 Å². The summed E-state index contributed by atoms with van der Waals surface area (Å²) in [5.41, 5.74) is 0.824. The summed E-state index contributed by atoms with van der Waals surface area (Å²) < 4.78 is 35.8. The van der Waals surface area contributed by atoms with Crippen molar-refractivity contribution in [2.75, 3.05) is 13.7 Å². The third kappa shape index (κ3) is 4.67. The second kappa shape index (κ2) is 7.53. The Morgan fingerprint density at radius 2 is 2.19 bits per heavy atom. The molecule has 0 spiro atoms. The maximum atomic E-state index is 12.3. The lowest BCUT2D eigenvalue weighted by Gasteiger charge is -2.12. The van der Waals surface area contributed by atoms with Crippen molar-refractivity contribution in [2.24, 2.45) is 0 Å². The number of hydrogen-bond acceptors (Lipinski definition) is 5. The number of aromatic nitrogens is 3. The summed E-state index contributed by atoms with van der Waals surface area (Å²) in [5, 5.41) is 10.7. The maximum absolute atomic E-state index is 12.3. The van der Waals surface area contributed by atoms with E-state index in [1.807, 2.05) is 0 Å². The van der Waals surface area contributed by atoms with Gasteiger partial charge in [-0.1, -0.05) is 11.3 Å². The van der Waals surface area contributed by atoms with Crippen molar-refractivity contribution in [3.8, 4) is 11.5 Å². The first-order chi connectivity index (χ1) is 10.2. The minimum absolute atomic E-state index is 0.0306. The van der Waals surface area contributed by atoms with Gasteiger partial charge in [0.25, 0.3) is 0 Å². The summed E-state index contributed by atoms with van der Waals surface area (Å²) in [6.07, 6.45) is 3.38. The second-order valence-corrected chi connectivity index (χ2v) is 4.21. The van der Waals surface area contributed by atoms with E-state index < -0.39 is 6.61 Å². The van der Waals surface area contributed by atoms with Gasteiger partial charge in [-0.05, 0) is 17.7 Å². The van der Waals surface area contributed by atoms with Crippen LogP contribution in [0.5, 0.6) is 11.5 Å². The van der Waals surface area contributed by atoms with E-state index in [4.69, 9.17) is 4.74 Å². The Balaban J connectivity index is 1.87. The number of methoxy groups -OCH3 is 1. The van der Waals surface area contributed by atoms with Crippen LogP contribution in [0.4, 0.5) is 8.78 Å². The van der Waals surface area contributed by atoms with Gasteiger partial charge < -0.3 is 14.8 Å². The zero-order valence-electron chi connectivity index (χ0n) is 11.5. The molecule has 0 aliphatic rings. The zero-order valence-corrected chi connectivity index (χ0v) is 11.5. The number of halogens is 2. The lowest BCUT2D eigenvalue weighted by Crippen LogP contribution is -2.20. The van der Waals surface area contributed by atoms with Crippen molar-refractivity contribution in [3.63, 3.8) is 0 Å². The van der Waals surface area contributed by atoms with Gasteiger partial charge in [0.2, 0.25) is 0 Å². The summed E-state index contributed by atoms with van der Waals surface area (Å²) in [6.45, 7) is -0.996. The fourth-order valence-electron chi connectivity index (χ4n) is 1.80. The molecule has 0 saturated heterocycles. The van der Waals surface area contributed by atoms with Crippen LogP contribution in [0.1, 0.15) is 5.56 Å². The van der Waals surface area contributed by atoms with Gasteiger partial charge in [-0.15, -0.1) is 5.10 Å². The lowest BCUT2D eigenvalue weighted by atomic mass is 10.2. The first-order valence-electron chi connectivity index (χ1n) is 6.35. The van der Waals surface area contributed by atoms with Crippen LogP contribution in [-0.4, -0.2) is 35.3 Å². The molecule has 0 bridgehead atoms. The standard InChI is InChI=1S/C13H16F2N4O2/c1-20-11-3-2-10(8-12(11)21-13(14)15)9-16-4-6-19-7-5-17-18-19/h2-3,5,7-8,13,16H,4,6,9H2,1H3. The van der Waals surface area contributed by atoms with Gasteiger partial charge in [0, 0.05) is 19.3 Å². The van der Waals surface area contributed by atoms with E-state index in [-0.39, 0.29) is 11.5 Å². The molecule has 1 heterocycles. The average molecular weight is 298 g/mol. The topological polar surface area (TPSA) is 61.2 Å². The quantitative estimate of drug-likeness (QED) is 0.751. The monoisotopic (exact) mass is 298 g/mol. The summed E-state index contributed by atoms with van der Waals surface area (Å²) in [6, 6.07) is 4.93. The predicted octanol–water partition coefficient (Wildman–Crippen LogP) is 1.68. The molecule has 1 N–H and O–H groups in total. The van der Waals surface area contributed by atoms with Gasteiger partial charge in [0.1, 0.15) is 0 Å². The molecule has 0 aliphatic heterocycles. The molecule has 2 aromatic rings. The van der Waals surface area contributed by atoms with Crippen LogP contribution >= 0.6 is 0 Å². The maximum Gasteiger partial charge on any atom is 0.387 e. The highest BCUT2D eigenvalue weighted by Gasteiger charge is 2.11. The molecular formula is C13H16F2N4O2. The Labute approximate surface area is 120 Å². The van der Waals surface area contributed by atoms with Crippen LogP contribution < -0.4 is 14.8 Å². The Hall–Kier alpha value is -2.22. The van der Waals surface area contributed by atoms with Crippen molar-refractivity contribution >= 4 is 0 Å². The predicted molar refractivity (Wildman–Crippen MR) is 71.4 cm³/mol. The second-order valence-electron chi connectivity index (χ2n) is 4.21. The molecule has 0 fully saturated rings. The van der Waals surface area contributed by atoms with Gasteiger partial charge in [0.05, 0.1) is 19.9 Å². The minimum atomic E-state index is -2.88. The van der Waals surface area contributed by atoms with E-state index in [0.717, 1.165) is 5.56 Å². The molecular weight excluding hydrogens is 282 g/mol. The smallest absolute Gasteiger partial charge is 0.387 e. The van der Waals surface area contributed by atoms with Gasteiger partial charge in [-0.2, -0.15) is 8.78 Å². The van der Waals surface area contributed by atoms with E-state index >= 15 is 0 Å².